The minimum absolute atomic E-state index is 0.220. The molecule has 2 aromatic rings. The second kappa shape index (κ2) is 6.11. The summed E-state index contributed by atoms with van der Waals surface area (Å²) < 4.78 is 27.6. The molecule has 2 rings (SSSR count). The van der Waals surface area contributed by atoms with Crippen molar-refractivity contribution < 1.29 is 13.9 Å². The van der Waals surface area contributed by atoms with Crippen molar-refractivity contribution in [3.63, 3.8) is 0 Å². The van der Waals surface area contributed by atoms with E-state index in [0.717, 1.165) is 0 Å². The molecule has 0 spiro atoms. The van der Waals surface area contributed by atoms with Crippen LogP contribution in [0.5, 0.6) is 0 Å². The molecule has 1 unspecified atom stereocenters. The van der Waals surface area contributed by atoms with Crippen molar-refractivity contribution in [2.45, 2.75) is 12.5 Å². The molecule has 0 aliphatic carbocycles. The zero-order chi connectivity index (χ0) is 14.0. The molecular weight excluding hydrogens is 382 g/mol. The number of hydrogen-bond acceptors (Lipinski definition) is 1. The summed E-state index contributed by atoms with van der Waals surface area (Å²) in [4.78, 5) is 0. The van der Waals surface area contributed by atoms with E-state index in [9.17, 15) is 13.9 Å². The van der Waals surface area contributed by atoms with Crippen LogP contribution in [0.1, 0.15) is 17.2 Å². The van der Waals surface area contributed by atoms with Gasteiger partial charge in [-0.3, -0.25) is 0 Å². The molecule has 0 aliphatic heterocycles. The first-order valence-electron chi connectivity index (χ1n) is 5.53. The van der Waals surface area contributed by atoms with Gasteiger partial charge >= 0.3 is 0 Å². The largest absolute Gasteiger partial charge is 0.388 e. The van der Waals surface area contributed by atoms with Gasteiger partial charge in [0, 0.05) is 10.9 Å². The van der Waals surface area contributed by atoms with E-state index < -0.39 is 11.9 Å². The fourth-order valence-electron chi connectivity index (χ4n) is 1.79. The van der Waals surface area contributed by atoms with Gasteiger partial charge in [-0.1, -0.05) is 22.0 Å². The van der Waals surface area contributed by atoms with Crippen LogP contribution in [0.2, 0.25) is 0 Å². The van der Waals surface area contributed by atoms with Crippen molar-refractivity contribution in [2.75, 3.05) is 0 Å². The predicted octanol–water partition coefficient (Wildman–Crippen LogP) is 4.77. The predicted molar refractivity (Wildman–Crippen MR) is 76.9 cm³/mol. The van der Waals surface area contributed by atoms with Gasteiger partial charge in [-0.25, -0.2) is 8.78 Å². The molecule has 0 aromatic heterocycles. The van der Waals surface area contributed by atoms with E-state index >= 15 is 0 Å². The fraction of sp³-hybridized carbons (Fsp3) is 0.143. The van der Waals surface area contributed by atoms with Crippen LogP contribution in [0, 0.1) is 11.6 Å². The third kappa shape index (κ3) is 3.84. The first-order valence-corrected chi connectivity index (χ1v) is 7.12. The Hall–Kier alpha value is -0.780. The highest BCUT2D eigenvalue weighted by atomic mass is 79.9. The van der Waals surface area contributed by atoms with Gasteiger partial charge < -0.3 is 5.11 Å². The second-order valence-electron chi connectivity index (χ2n) is 4.17. The molecule has 0 radical (unpaired) electrons. The number of aliphatic hydroxyl groups is 1. The number of hydrogen-bond donors (Lipinski definition) is 1. The van der Waals surface area contributed by atoms with Gasteiger partial charge in [0.15, 0.2) is 0 Å². The van der Waals surface area contributed by atoms with Crippen molar-refractivity contribution >= 4 is 31.9 Å². The van der Waals surface area contributed by atoms with E-state index in [-0.39, 0.29) is 12.2 Å². The lowest BCUT2D eigenvalue weighted by Gasteiger charge is -2.12. The molecule has 0 saturated heterocycles. The zero-order valence-corrected chi connectivity index (χ0v) is 12.9. The quantitative estimate of drug-likeness (QED) is 0.799. The second-order valence-corrected chi connectivity index (χ2v) is 5.94. The molecule has 1 N–H and O–H groups in total. The lowest BCUT2D eigenvalue weighted by Crippen LogP contribution is -2.03. The van der Waals surface area contributed by atoms with Gasteiger partial charge in [0.25, 0.3) is 0 Å². The van der Waals surface area contributed by atoms with Crippen LogP contribution in [0.15, 0.2) is 45.3 Å². The summed E-state index contributed by atoms with van der Waals surface area (Å²) in [5, 5.41) is 10.1. The smallest absolute Gasteiger partial charge is 0.137 e. The first-order chi connectivity index (χ1) is 8.95. The Morgan fingerprint density at radius 3 is 2.42 bits per heavy atom. The van der Waals surface area contributed by atoms with Gasteiger partial charge in [-0.2, -0.15) is 0 Å². The topological polar surface area (TPSA) is 20.2 Å². The SMILES string of the molecule is OC(Cc1cc(F)cc(Br)c1)c1ccc(Br)c(F)c1. The molecular formula is C14H10Br2F2O. The maximum Gasteiger partial charge on any atom is 0.137 e. The molecule has 0 bridgehead atoms. The molecule has 2 aromatic carbocycles. The molecule has 100 valence electrons. The molecule has 0 heterocycles. The van der Waals surface area contributed by atoms with Crippen molar-refractivity contribution in [3.8, 4) is 0 Å². The van der Waals surface area contributed by atoms with E-state index in [2.05, 4.69) is 31.9 Å². The lowest BCUT2D eigenvalue weighted by atomic mass is 10.0. The monoisotopic (exact) mass is 390 g/mol. The van der Waals surface area contributed by atoms with Crippen LogP contribution in [0.4, 0.5) is 8.78 Å². The summed E-state index contributed by atoms with van der Waals surface area (Å²) in [6.07, 6.45) is -0.659. The average Bonchev–Trinajstić information content (AvgIpc) is 2.31. The third-order valence-corrected chi connectivity index (χ3v) is 3.78. The van der Waals surface area contributed by atoms with E-state index in [1.54, 1.807) is 12.1 Å². The molecule has 5 heteroatoms. The van der Waals surface area contributed by atoms with Crippen LogP contribution in [-0.2, 0) is 6.42 Å². The molecule has 0 amide bonds. The summed E-state index contributed by atoms with van der Waals surface area (Å²) in [7, 11) is 0. The van der Waals surface area contributed by atoms with Crippen LogP contribution in [0.3, 0.4) is 0 Å². The number of benzene rings is 2. The maximum absolute atomic E-state index is 13.4. The Morgan fingerprint density at radius 2 is 1.79 bits per heavy atom. The minimum atomic E-state index is -0.878. The third-order valence-electron chi connectivity index (χ3n) is 2.68. The Kier molecular flexibility index (Phi) is 4.71. The number of rotatable bonds is 3. The van der Waals surface area contributed by atoms with E-state index in [1.807, 2.05) is 0 Å². The first kappa shape index (κ1) is 14.6. The molecule has 0 aliphatic rings. The van der Waals surface area contributed by atoms with Crippen LogP contribution < -0.4 is 0 Å². The highest BCUT2D eigenvalue weighted by molar-refractivity contribution is 9.10. The molecule has 0 fully saturated rings. The number of aliphatic hydroxyl groups excluding tert-OH is 1. The van der Waals surface area contributed by atoms with Crippen molar-refractivity contribution in [1.29, 1.82) is 0 Å². The Bertz CT molecular complexity index is 582. The Balaban J connectivity index is 2.20. The van der Waals surface area contributed by atoms with E-state index in [4.69, 9.17) is 0 Å². The Morgan fingerprint density at radius 1 is 1.05 bits per heavy atom. The van der Waals surface area contributed by atoms with Crippen molar-refractivity contribution in [2.24, 2.45) is 0 Å². The highest BCUT2D eigenvalue weighted by Crippen LogP contribution is 2.24. The van der Waals surface area contributed by atoms with Crippen molar-refractivity contribution in [1.82, 2.24) is 0 Å². The van der Waals surface area contributed by atoms with Gasteiger partial charge in [-0.15, -0.1) is 0 Å². The Labute approximate surface area is 126 Å². The fourth-order valence-corrected chi connectivity index (χ4v) is 2.55. The maximum atomic E-state index is 13.4. The van der Waals surface area contributed by atoms with E-state index in [1.165, 1.54) is 24.3 Å². The van der Waals surface area contributed by atoms with E-state index in [0.29, 0.717) is 20.1 Å². The molecule has 19 heavy (non-hydrogen) atoms. The minimum Gasteiger partial charge on any atom is -0.388 e. The van der Waals surface area contributed by atoms with Gasteiger partial charge in [0.1, 0.15) is 11.6 Å². The van der Waals surface area contributed by atoms with Gasteiger partial charge in [0.2, 0.25) is 0 Å². The molecule has 0 saturated carbocycles. The average molecular weight is 392 g/mol. The van der Waals surface area contributed by atoms with Crippen LogP contribution in [-0.4, -0.2) is 5.11 Å². The number of halogens is 4. The van der Waals surface area contributed by atoms with Crippen LogP contribution >= 0.6 is 31.9 Å². The summed E-state index contributed by atoms with van der Waals surface area (Å²) in [6.45, 7) is 0. The standard InChI is InChI=1S/C14H10Br2F2O/c15-10-3-8(4-11(17)7-10)5-14(19)9-1-2-12(16)13(18)6-9/h1-4,6-7,14,19H,5H2. The van der Waals surface area contributed by atoms with Crippen molar-refractivity contribution in [3.05, 3.63) is 68.1 Å². The summed E-state index contributed by atoms with van der Waals surface area (Å²) in [6, 6.07) is 8.85. The molecule has 1 atom stereocenters. The molecule has 1 nitrogen and oxygen atoms in total. The highest BCUT2D eigenvalue weighted by Gasteiger charge is 2.12. The van der Waals surface area contributed by atoms with Gasteiger partial charge in [0.05, 0.1) is 10.6 Å². The normalized spacial score (nSPS) is 12.5. The summed E-state index contributed by atoms with van der Waals surface area (Å²) in [5.74, 6) is -0.810. The van der Waals surface area contributed by atoms with Gasteiger partial charge in [-0.05, 0) is 57.4 Å². The summed E-state index contributed by atoms with van der Waals surface area (Å²) >= 11 is 6.24. The van der Waals surface area contributed by atoms with Crippen LogP contribution in [0.25, 0.3) is 0 Å². The summed E-state index contributed by atoms with van der Waals surface area (Å²) in [5.41, 5.74) is 1.10. The lowest BCUT2D eigenvalue weighted by molar-refractivity contribution is 0.178. The zero-order valence-electron chi connectivity index (χ0n) is 9.71.